The molecule has 196 valence electrons. The number of nitrogens with one attached hydrogen (secondary N) is 1. The van der Waals surface area contributed by atoms with Crippen LogP contribution in [0.5, 0.6) is 11.5 Å². The molecule has 0 aliphatic carbocycles. The predicted molar refractivity (Wildman–Crippen MR) is 138 cm³/mol. The number of hydrogen-bond acceptors (Lipinski definition) is 9. The van der Waals surface area contributed by atoms with Crippen LogP contribution in [0.2, 0.25) is 5.02 Å². The van der Waals surface area contributed by atoms with E-state index in [4.69, 9.17) is 22.1 Å². The quantitative estimate of drug-likeness (QED) is 0.217. The Morgan fingerprint density at radius 1 is 1.16 bits per heavy atom. The van der Waals surface area contributed by atoms with E-state index in [0.29, 0.717) is 0 Å². The predicted octanol–water partition coefficient (Wildman–Crippen LogP) is 5.16. The number of pyridine rings is 2. The summed E-state index contributed by atoms with van der Waals surface area (Å²) < 4.78 is 75.7. The first-order valence-electron chi connectivity index (χ1n) is 10.4. The second kappa shape index (κ2) is 11.2. The van der Waals surface area contributed by atoms with E-state index in [9.17, 15) is 21.6 Å². The van der Waals surface area contributed by atoms with Gasteiger partial charge in [-0.2, -0.15) is 13.8 Å². The first kappa shape index (κ1) is 27.0. The number of sulfonamides is 1. The molecule has 1 aromatic carbocycles. The van der Waals surface area contributed by atoms with Crippen LogP contribution in [-0.2, 0) is 10.0 Å². The SMILES string of the molecule is CN=C(C=CN)c1nc(-c2ccc(F)nc2F)ccc1Oc1cc(F)c(S(=O)(=O)Nc2cscn2)cc1Cl. The number of rotatable bonds is 8. The number of thiazole rings is 1. The van der Waals surface area contributed by atoms with Crippen molar-refractivity contribution in [2.24, 2.45) is 10.7 Å². The molecule has 4 rings (SSSR count). The van der Waals surface area contributed by atoms with Crippen molar-refractivity contribution in [3.63, 3.8) is 0 Å². The topological polar surface area (TPSA) is 132 Å². The van der Waals surface area contributed by atoms with Gasteiger partial charge < -0.3 is 10.5 Å². The number of allylic oxidation sites excluding steroid dienone is 1. The Morgan fingerprint density at radius 3 is 2.61 bits per heavy atom. The molecular weight excluding hydrogens is 565 g/mol. The molecule has 0 fully saturated rings. The zero-order chi connectivity index (χ0) is 27.4. The molecule has 0 atom stereocenters. The van der Waals surface area contributed by atoms with Gasteiger partial charge in [0, 0.05) is 18.5 Å². The van der Waals surface area contributed by atoms with Crippen LogP contribution in [0.4, 0.5) is 19.0 Å². The minimum atomic E-state index is -4.35. The van der Waals surface area contributed by atoms with Crippen LogP contribution in [0.3, 0.4) is 0 Å². The van der Waals surface area contributed by atoms with Crippen LogP contribution in [0, 0.1) is 17.7 Å². The van der Waals surface area contributed by atoms with Crippen LogP contribution in [0.15, 0.2) is 69.5 Å². The summed E-state index contributed by atoms with van der Waals surface area (Å²) in [6.45, 7) is 0. The molecule has 0 saturated carbocycles. The van der Waals surface area contributed by atoms with Gasteiger partial charge in [0.1, 0.15) is 22.2 Å². The van der Waals surface area contributed by atoms with Gasteiger partial charge >= 0.3 is 0 Å². The minimum Gasteiger partial charge on any atom is -0.453 e. The summed E-state index contributed by atoms with van der Waals surface area (Å²) >= 11 is 7.40. The second-order valence-electron chi connectivity index (χ2n) is 7.28. The van der Waals surface area contributed by atoms with Gasteiger partial charge in [0.05, 0.1) is 27.5 Å². The first-order chi connectivity index (χ1) is 18.1. The molecular formula is C23H16ClF3N6O3S2. The van der Waals surface area contributed by atoms with E-state index >= 15 is 0 Å². The number of aliphatic imine (C=N–C) groups is 1. The van der Waals surface area contributed by atoms with Gasteiger partial charge in [0.2, 0.25) is 11.9 Å². The van der Waals surface area contributed by atoms with Crippen molar-refractivity contribution in [1.29, 1.82) is 0 Å². The van der Waals surface area contributed by atoms with Gasteiger partial charge in [0.15, 0.2) is 11.6 Å². The molecule has 0 radical (unpaired) electrons. The van der Waals surface area contributed by atoms with Crippen molar-refractivity contribution in [1.82, 2.24) is 15.0 Å². The van der Waals surface area contributed by atoms with Gasteiger partial charge in [-0.05, 0) is 42.6 Å². The highest BCUT2D eigenvalue weighted by atomic mass is 35.5. The van der Waals surface area contributed by atoms with Crippen LogP contribution in [-0.4, -0.2) is 36.1 Å². The lowest BCUT2D eigenvalue weighted by molar-refractivity contribution is 0.470. The maximum Gasteiger partial charge on any atom is 0.266 e. The number of ether oxygens (including phenoxy) is 1. The van der Waals surface area contributed by atoms with Gasteiger partial charge in [-0.25, -0.2) is 22.8 Å². The lowest BCUT2D eigenvalue weighted by Gasteiger charge is -2.15. The van der Waals surface area contributed by atoms with Crippen molar-refractivity contribution >= 4 is 44.5 Å². The highest BCUT2D eigenvalue weighted by Crippen LogP contribution is 2.36. The molecule has 0 aliphatic rings. The zero-order valence-electron chi connectivity index (χ0n) is 19.2. The molecule has 3 N–H and O–H groups in total. The maximum atomic E-state index is 14.9. The molecule has 3 aromatic heterocycles. The van der Waals surface area contributed by atoms with Crippen LogP contribution in [0.25, 0.3) is 11.3 Å². The Balaban J connectivity index is 1.75. The summed E-state index contributed by atoms with van der Waals surface area (Å²) in [5.41, 5.74) is 7.13. The number of nitrogens with two attached hydrogens (primary N) is 1. The van der Waals surface area contributed by atoms with Crippen LogP contribution < -0.4 is 15.2 Å². The monoisotopic (exact) mass is 580 g/mol. The summed E-state index contributed by atoms with van der Waals surface area (Å²) in [5.74, 6) is -3.46. The van der Waals surface area contributed by atoms with E-state index in [-0.39, 0.29) is 45.0 Å². The summed E-state index contributed by atoms with van der Waals surface area (Å²) in [4.78, 5) is 14.7. The lowest BCUT2D eigenvalue weighted by atomic mass is 10.1. The Bertz CT molecular complexity index is 1670. The molecule has 9 nitrogen and oxygen atoms in total. The molecule has 0 bridgehead atoms. The molecule has 0 unspecified atom stereocenters. The second-order valence-corrected chi connectivity index (χ2v) is 10.1. The van der Waals surface area contributed by atoms with E-state index < -0.39 is 32.6 Å². The third-order valence-corrected chi connectivity index (χ3v) is 7.11. The van der Waals surface area contributed by atoms with Crippen molar-refractivity contribution in [3.8, 4) is 22.8 Å². The summed E-state index contributed by atoms with van der Waals surface area (Å²) in [7, 11) is -2.91. The van der Waals surface area contributed by atoms with E-state index in [2.05, 4.69) is 24.7 Å². The number of halogens is 4. The van der Waals surface area contributed by atoms with Gasteiger partial charge in [-0.1, -0.05) is 11.6 Å². The highest BCUT2D eigenvalue weighted by Gasteiger charge is 2.24. The third-order valence-electron chi connectivity index (χ3n) is 4.85. The number of hydrogen-bond donors (Lipinski definition) is 2. The standard InChI is InChI=1S/C23H16ClF3N6O3S2/c1-29-16(6-7-28)22-17(4-3-15(31-22)12-2-5-20(26)32-23(12)27)36-18-9-14(25)19(8-13(18)24)38(34,35)33-21-10-37-11-30-21/h2-11,33H,28H2,1H3. The Kier molecular flexibility index (Phi) is 7.94. The highest BCUT2D eigenvalue weighted by molar-refractivity contribution is 7.92. The molecule has 0 saturated heterocycles. The van der Waals surface area contributed by atoms with Gasteiger partial charge in [0.25, 0.3) is 10.0 Å². The molecule has 0 aliphatic heterocycles. The molecule has 0 spiro atoms. The van der Waals surface area contributed by atoms with Gasteiger partial charge in [-0.15, -0.1) is 11.3 Å². The molecule has 3 heterocycles. The normalized spacial score (nSPS) is 12.2. The van der Waals surface area contributed by atoms with E-state index in [1.54, 1.807) is 0 Å². The van der Waals surface area contributed by atoms with E-state index in [1.807, 2.05) is 0 Å². The lowest BCUT2D eigenvalue weighted by Crippen LogP contribution is -2.15. The molecule has 4 aromatic rings. The molecule has 0 amide bonds. The fourth-order valence-corrected chi connectivity index (χ4v) is 5.10. The average Bonchev–Trinajstić information content (AvgIpc) is 3.37. The fourth-order valence-electron chi connectivity index (χ4n) is 3.18. The number of aromatic nitrogens is 3. The number of anilines is 1. The summed E-state index contributed by atoms with van der Waals surface area (Å²) in [5, 5.41) is 1.20. The molecule has 15 heteroatoms. The van der Waals surface area contributed by atoms with Crippen molar-refractivity contribution in [2.75, 3.05) is 11.8 Å². The van der Waals surface area contributed by atoms with Crippen molar-refractivity contribution < 1.29 is 26.3 Å². The van der Waals surface area contributed by atoms with Crippen molar-refractivity contribution in [3.05, 3.63) is 88.0 Å². The average molecular weight is 581 g/mol. The third kappa shape index (κ3) is 5.77. The maximum absolute atomic E-state index is 14.9. The Hall–Kier alpha value is -4.01. The van der Waals surface area contributed by atoms with E-state index in [0.717, 1.165) is 35.6 Å². The van der Waals surface area contributed by atoms with Crippen molar-refractivity contribution in [2.45, 2.75) is 4.90 Å². The zero-order valence-corrected chi connectivity index (χ0v) is 21.6. The van der Waals surface area contributed by atoms with Crippen LogP contribution >= 0.6 is 22.9 Å². The Morgan fingerprint density at radius 2 is 1.95 bits per heavy atom. The van der Waals surface area contributed by atoms with E-state index in [1.165, 1.54) is 42.3 Å². The summed E-state index contributed by atoms with van der Waals surface area (Å²) in [6.07, 6.45) is 2.57. The minimum absolute atomic E-state index is 0.000402. The number of benzene rings is 1. The smallest absolute Gasteiger partial charge is 0.266 e. The summed E-state index contributed by atoms with van der Waals surface area (Å²) in [6, 6.07) is 6.55. The number of nitrogens with zero attached hydrogens (tertiary/aromatic N) is 4. The molecule has 38 heavy (non-hydrogen) atoms. The van der Waals surface area contributed by atoms with Crippen LogP contribution in [0.1, 0.15) is 5.69 Å². The fraction of sp³-hybridized carbons (Fsp3) is 0.0435. The largest absolute Gasteiger partial charge is 0.453 e. The van der Waals surface area contributed by atoms with Gasteiger partial charge in [-0.3, -0.25) is 9.71 Å². The first-order valence-corrected chi connectivity index (χ1v) is 13.2. The Labute approximate surface area is 223 Å².